The van der Waals surface area contributed by atoms with Gasteiger partial charge in [0, 0.05) is 72.7 Å². The highest BCUT2D eigenvalue weighted by Gasteiger charge is 2.51. The van der Waals surface area contributed by atoms with Crippen LogP contribution in [0.2, 0.25) is 0 Å². The van der Waals surface area contributed by atoms with Crippen LogP contribution >= 0.6 is 11.8 Å². The van der Waals surface area contributed by atoms with Crippen LogP contribution in [-0.4, -0.2) is 193 Å². The molecule has 8 atom stereocenters. The molecule has 2 aliphatic carbocycles. The Morgan fingerprint density at radius 1 is 0.911 bits per heavy atom. The number of amides is 8. The number of fused-ring (bicyclic) bond motifs is 3. The number of primary amides is 1. The van der Waals surface area contributed by atoms with Gasteiger partial charge in [-0.05, 0) is 61.6 Å². The molecule has 4 aliphatic rings. The van der Waals surface area contributed by atoms with E-state index < -0.39 is 155 Å². The summed E-state index contributed by atoms with van der Waals surface area (Å²) in [6, 6.07) is 7.45. The molecule has 0 bridgehead atoms. The number of nitrogens with one attached hydrogen (secondary N) is 4. The van der Waals surface area contributed by atoms with Crippen LogP contribution in [0.3, 0.4) is 0 Å². The summed E-state index contributed by atoms with van der Waals surface area (Å²) < 4.78 is 23.0. The van der Waals surface area contributed by atoms with Crippen molar-refractivity contribution in [3.63, 3.8) is 0 Å². The molecule has 484 valence electrons. The number of phenolic OH excluding ortho intramolecular Hbond substituents is 2. The number of thioether (sulfide) groups is 1. The molecule has 0 unspecified atom stereocenters. The van der Waals surface area contributed by atoms with Gasteiger partial charge in [0.1, 0.15) is 42.2 Å². The van der Waals surface area contributed by atoms with Crippen LogP contribution in [0, 0.1) is 11.8 Å². The molecule has 2 aliphatic heterocycles. The van der Waals surface area contributed by atoms with Gasteiger partial charge < -0.3 is 86.2 Å². The summed E-state index contributed by atoms with van der Waals surface area (Å²) in [6.07, 6.45) is -5.80. The Bertz CT molecular complexity index is 3300. The van der Waals surface area contributed by atoms with Gasteiger partial charge in [0.15, 0.2) is 23.6 Å². The molecule has 3 aromatic rings. The number of anilines is 1. The number of ether oxygens (including phenoxy) is 4. The molecule has 2 saturated heterocycles. The molecule has 0 radical (unpaired) electrons. The molecule has 0 saturated carbocycles. The molecule has 28 nitrogen and oxygen atoms in total. The summed E-state index contributed by atoms with van der Waals surface area (Å²) in [5, 5.41) is 66.9. The first-order chi connectivity index (χ1) is 42.7. The van der Waals surface area contributed by atoms with Gasteiger partial charge in [0.05, 0.1) is 73.9 Å². The minimum absolute atomic E-state index is 0.0146. The van der Waals surface area contributed by atoms with E-state index >= 15 is 0 Å². The number of Topliss-reactive ketones (excluding diaryl/α,β-unsaturated/α-hetero) is 2. The van der Waals surface area contributed by atoms with E-state index in [0.29, 0.717) is 11.3 Å². The third-order valence-corrected chi connectivity index (χ3v) is 16.8. The Hall–Kier alpha value is -8.74. The summed E-state index contributed by atoms with van der Waals surface area (Å²) >= 11 is 1.13. The number of hydrogen-bond acceptors (Lipinski definition) is 21. The molecule has 90 heavy (non-hydrogen) atoms. The zero-order valence-electron chi connectivity index (χ0n) is 50.0. The predicted octanol–water partition coefficient (Wildman–Crippen LogP) is 1.94. The average Bonchev–Trinajstić information content (AvgIpc) is 0.732. The fraction of sp³-hybridized carbons (Fsp3) is 0.459. The highest BCUT2D eigenvalue weighted by Crippen LogP contribution is 2.52. The molecule has 0 spiro atoms. The summed E-state index contributed by atoms with van der Waals surface area (Å²) in [5.41, 5.74) is 1.50. The van der Waals surface area contributed by atoms with E-state index in [9.17, 15) is 78.3 Å². The maximum atomic E-state index is 14.1. The van der Waals surface area contributed by atoms with Crippen molar-refractivity contribution in [2.45, 2.75) is 115 Å². The lowest BCUT2D eigenvalue weighted by atomic mass is 9.72. The maximum absolute atomic E-state index is 14.1. The van der Waals surface area contributed by atoms with Gasteiger partial charge in [0.25, 0.3) is 0 Å². The number of urea groups is 1. The van der Waals surface area contributed by atoms with Gasteiger partial charge in [-0.25, -0.2) is 9.59 Å². The maximum Gasteiger partial charge on any atom is 0.407 e. The predicted molar refractivity (Wildman–Crippen MR) is 320 cm³/mol. The van der Waals surface area contributed by atoms with E-state index in [1.165, 1.54) is 59.1 Å². The number of ketones is 4. The van der Waals surface area contributed by atoms with Crippen molar-refractivity contribution in [2.24, 2.45) is 17.6 Å². The van der Waals surface area contributed by atoms with Crippen molar-refractivity contribution >= 4 is 82.2 Å². The van der Waals surface area contributed by atoms with Crippen molar-refractivity contribution in [1.82, 2.24) is 30.7 Å². The van der Waals surface area contributed by atoms with Gasteiger partial charge >= 0.3 is 12.1 Å². The van der Waals surface area contributed by atoms with Crippen LogP contribution in [0.15, 0.2) is 67.8 Å². The van der Waals surface area contributed by atoms with Crippen molar-refractivity contribution < 1.29 is 97.2 Å². The highest BCUT2D eigenvalue weighted by molar-refractivity contribution is 7.99. The van der Waals surface area contributed by atoms with Crippen LogP contribution in [-0.2, 0) is 60.8 Å². The second kappa shape index (κ2) is 30.2. The first-order valence-electron chi connectivity index (χ1n) is 28.8. The number of methoxy groups -OCH3 is 1. The lowest BCUT2D eigenvalue weighted by molar-refractivity contribution is -0.249. The van der Waals surface area contributed by atoms with Crippen LogP contribution < -0.4 is 31.7 Å². The number of alkyl carbamates (subject to hydrolysis) is 1. The third-order valence-electron chi connectivity index (χ3n) is 15.9. The Labute approximate surface area is 521 Å². The smallest absolute Gasteiger partial charge is 0.407 e. The summed E-state index contributed by atoms with van der Waals surface area (Å²) in [4.78, 5) is 149. The third kappa shape index (κ3) is 16.0. The Morgan fingerprint density at radius 3 is 2.19 bits per heavy atom. The summed E-state index contributed by atoms with van der Waals surface area (Å²) in [7, 11) is 1.28. The number of benzene rings is 3. The largest absolute Gasteiger partial charge is 0.507 e. The van der Waals surface area contributed by atoms with E-state index in [-0.39, 0.29) is 111 Å². The normalized spacial score (nSPS) is 20.9. The number of aliphatic hydroxyl groups excluding tert-OH is 2. The average molecular weight is 1270 g/mol. The zero-order chi connectivity index (χ0) is 65.9. The lowest BCUT2D eigenvalue weighted by Crippen LogP contribution is -2.59. The van der Waals surface area contributed by atoms with E-state index in [0.717, 1.165) is 23.9 Å². The number of hydrogen-bond donors (Lipinski definition) is 10. The van der Waals surface area contributed by atoms with E-state index in [2.05, 4.69) is 34.4 Å². The molecule has 29 heteroatoms. The fourth-order valence-corrected chi connectivity index (χ4v) is 11.9. The minimum Gasteiger partial charge on any atom is -0.507 e. The molecular formula is C61H74N8O20S. The number of carbonyl (C=O) groups excluding carboxylic acids is 11. The van der Waals surface area contributed by atoms with Crippen LogP contribution in [0.5, 0.6) is 17.2 Å². The summed E-state index contributed by atoms with van der Waals surface area (Å²) in [5.74, 6) is -8.48. The standard InChI is InChI=1S/C61H74N8O20S/c1-7-44(74)67-28-68(45(75)8-2)30-69(29-67)46(76)18-20-90-27-43(73)66-52(31(3)4)39(71)21-34(11-10-19-63-59(62)83)58(82)64-35-16-14-33(15-17-35)26-87-60(84)65-38-22-47(88-32(5)53(38)77)89-41-24-61(85,42(72)25-70)23-37-49(41)57(81)51-50(55(37)79)54(78)36-12-9-13-40(86-6)48(36)56(51)80/h7-9,12-17,31-32,34,38,41,47,52-53,70,77,79,81,85H,1-2,10-11,18-30H2,3-6H3,(H,64,82)(H,65,84)(H,66,73)(H3,62,63,83)/t32-,34+,38-,41-,47+,52-,53-,61-/m0/s1. The second-order valence-corrected chi connectivity index (χ2v) is 23.5. The first-order valence-corrected chi connectivity index (χ1v) is 30.0. The molecule has 3 aromatic carbocycles. The number of carbonyl (C=O) groups is 11. The zero-order valence-corrected chi connectivity index (χ0v) is 50.8. The van der Waals surface area contributed by atoms with Gasteiger partial charge in [0.2, 0.25) is 35.3 Å². The van der Waals surface area contributed by atoms with Crippen molar-refractivity contribution in [2.75, 3.05) is 57.1 Å². The monoisotopic (exact) mass is 1270 g/mol. The lowest BCUT2D eigenvalue weighted by Gasteiger charge is -2.42. The van der Waals surface area contributed by atoms with E-state index in [1.807, 2.05) is 0 Å². The number of aliphatic hydroxyl groups is 3. The first kappa shape index (κ1) is 68.7. The molecule has 0 aromatic heterocycles. The van der Waals surface area contributed by atoms with Crippen molar-refractivity contribution in [1.29, 1.82) is 0 Å². The number of aromatic hydroxyl groups is 2. The van der Waals surface area contributed by atoms with Crippen LogP contribution in [0.1, 0.15) is 114 Å². The SMILES string of the molecule is C=CC(=O)N1CN(C(=O)C=C)CN(C(=O)CCSCC(=O)N[C@H](C(=O)C[C@@H](CCCNC(N)=O)C(=O)Nc2ccc(COC(=O)N[C@H]3C[C@@H](O[C@H]4C[C@](O)(C(=O)CO)Cc5c(O)c6c(c(O)c54)C(=O)c4c(OC)cccc4C6=O)O[C@@H](C)[C@@H]3O)cc2)C(C)C)C1. The Morgan fingerprint density at radius 2 is 1.57 bits per heavy atom. The molecule has 11 N–H and O–H groups in total. The van der Waals surface area contributed by atoms with Gasteiger partial charge in [-0.3, -0.25) is 43.2 Å². The topological polar surface area (TPSA) is 410 Å². The Kier molecular flexibility index (Phi) is 23.1. The Balaban J connectivity index is 0.941. The number of phenols is 2. The summed E-state index contributed by atoms with van der Waals surface area (Å²) in [6.45, 7) is 10.3. The van der Waals surface area contributed by atoms with Crippen molar-refractivity contribution in [3.05, 3.63) is 107 Å². The molecule has 2 fully saturated rings. The van der Waals surface area contributed by atoms with Crippen LogP contribution in [0.25, 0.3) is 0 Å². The van der Waals surface area contributed by atoms with Gasteiger partial charge in [-0.2, -0.15) is 11.8 Å². The van der Waals surface area contributed by atoms with Gasteiger partial charge in [-0.15, -0.1) is 0 Å². The number of nitrogens with zero attached hydrogens (tertiary/aromatic N) is 3. The van der Waals surface area contributed by atoms with Crippen LogP contribution in [0.4, 0.5) is 15.3 Å². The molecule has 2 heterocycles. The minimum atomic E-state index is -2.43. The highest BCUT2D eigenvalue weighted by atomic mass is 32.2. The fourth-order valence-electron chi connectivity index (χ4n) is 11.1. The van der Waals surface area contributed by atoms with Crippen molar-refractivity contribution in [3.8, 4) is 17.2 Å². The van der Waals surface area contributed by atoms with Gasteiger partial charge in [-0.1, -0.05) is 51.3 Å². The molecule has 8 amide bonds. The molecular weight excluding hydrogens is 1200 g/mol. The number of rotatable bonds is 26. The second-order valence-electron chi connectivity index (χ2n) is 22.4. The number of nitrogens with two attached hydrogens (primary N) is 1. The van der Waals surface area contributed by atoms with E-state index in [1.54, 1.807) is 26.0 Å². The molecule has 7 rings (SSSR count). The quantitative estimate of drug-likeness (QED) is 0.0244. The van der Waals surface area contributed by atoms with E-state index in [4.69, 9.17) is 24.7 Å².